The van der Waals surface area contributed by atoms with Crippen LogP contribution in [0.3, 0.4) is 0 Å². The van der Waals surface area contributed by atoms with Crippen LogP contribution in [-0.4, -0.2) is 38.9 Å². The number of nitrogens with one attached hydrogen (secondary N) is 2. The monoisotopic (exact) mass is 487 g/mol. The summed E-state index contributed by atoms with van der Waals surface area (Å²) in [5, 5.41) is 18.6. The lowest BCUT2D eigenvalue weighted by Gasteiger charge is -2.19. The molecule has 1 unspecified atom stereocenters. The van der Waals surface area contributed by atoms with Crippen LogP contribution in [0.25, 0.3) is 11.1 Å². The lowest BCUT2D eigenvalue weighted by atomic mass is 10.0. The molecule has 3 saturated carbocycles. The van der Waals surface area contributed by atoms with Crippen LogP contribution in [0.2, 0.25) is 0 Å². The van der Waals surface area contributed by atoms with E-state index in [-0.39, 0.29) is 23.3 Å². The van der Waals surface area contributed by atoms with Crippen LogP contribution in [-0.2, 0) is 4.79 Å². The number of rotatable bonds is 8. The number of nitrogens with zero attached hydrogens (tertiary/aromatic N) is 4. The highest BCUT2D eigenvalue weighted by Gasteiger charge is 2.53. The minimum atomic E-state index is -0.730. The molecule has 3 aliphatic rings. The summed E-state index contributed by atoms with van der Waals surface area (Å²) in [6.07, 6.45) is 12.0. The van der Waals surface area contributed by atoms with E-state index in [9.17, 15) is 9.59 Å². The molecular weight excluding hydrogens is 458 g/mol. The number of methoxy groups -OCH3 is 1. The maximum Gasteiger partial charge on any atom is 0.271 e. The zero-order chi connectivity index (χ0) is 24.9. The largest absolute Gasteiger partial charge is 0.494 e. The number of aromatic nitrogens is 4. The van der Waals surface area contributed by atoms with Gasteiger partial charge in [-0.3, -0.25) is 14.3 Å². The van der Waals surface area contributed by atoms with E-state index in [1.54, 1.807) is 13.2 Å². The fourth-order valence-electron chi connectivity index (χ4n) is 5.46. The fraction of sp³-hybridized carbons (Fsp3) is 0.423. The fourth-order valence-corrected chi connectivity index (χ4v) is 5.46. The average Bonchev–Trinajstić information content (AvgIpc) is 3.76. The Hall–Kier alpha value is -3.95. The first-order valence-electron chi connectivity index (χ1n) is 12.4. The summed E-state index contributed by atoms with van der Waals surface area (Å²) in [6.45, 7) is 0. The van der Waals surface area contributed by atoms with Crippen LogP contribution in [0.4, 0.5) is 17.2 Å². The highest BCUT2D eigenvalue weighted by atomic mass is 16.5. The van der Waals surface area contributed by atoms with Crippen LogP contribution in [0.1, 0.15) is 61.5 Å². The third-order valence-electron chi connectivity index (χ3n) is 7.70. The second-order valence-corrected chi connectivity index (χ2v) is 10.1. The van der Waals surface area contributed by atoms with Crippen LogP contribution < -0.4 is 21.1 Å². The summed E-state index contributed by atoms with van der Waals surface area (Å²) in [6, 6.07) is 7.75. The summed E-state index contributed by atoms with van der Waals surface area (Å²) >= 11 is 0. The van der Waals surface area contributed by atoms with Crippen molar-refractivity contribution in [2.45, 2.75) is 51.0 Å². The van der Waals surface area contributed by atoms with E-state index in [2.05, 4.69) is 31.7 Å². The van der Waals surface area contributed by atoms with Gasteiger partial charge in [0, 0.05) is 29.3 Å². The third-order valence-corrected chi connectivity index (χ3v) is 7.70. The number of nitrogens with two attached hydrogens (primary N) is 1. The molecule has 1 aromatic carbocycles. The van der Waals surface area contributed by atoms with Gasteiger partial charge >= 0.3 is 0 Å². The van der Waals surface area contributed by atoms with E-state index in [0.717, 1.165) is 24.0 Å². The van der Waals surface area contributed by atoms with E-state index in [4.69, 9.17) is 15.6 Å². The SMILES string of the molecule is COc1c(Nc2cc(NC(=O)C3CC3)nnc2C(N)=O)cccc1-c1cnn(C2CCCC23CC3)c1. The third kappa shape index (κ3) is 4.06. The molecule has 2 amide bonds. The molecular formula is C26H29N7O3. The standard InChI is InChI=1S/C26H29N7O3/c1-36-23-17(16-13-28-33(14-16)20-6-3-9-26(20)10-11-26)4-2-5-18(23)29-19-12-21(30-25(35)15-7-8-15)31-32-22(19)24(27)34/h2,4-5,12-15,20H,3,6-11H2,1H3,(H2,27,34)(H2,29,30,31,35). The predicted octanol–water partition coefficient (Wildman–Crippen LogP) is 4.04. The van der Waals surface area contributed by atoms with Crippen LogP contribution in [0.15, 0.2) is 36.7 Å². The van der Waals surface area contributed by atoms with Crippen molar-refractivity contribution in [2.75, 3.05) is 17.7 Å². The van der Waals surface area contributed by atoms with E-state index in [0.29, 0.717) is 28.6 Å². The van der Waals surface area contributed by atoms with E-state index < -0.39 is 5.91 Å². The molecule has 0 aliphatic heterocycles. The summed E-state index contributed by atoms with van der Waals surface area (Å²) in [5.74, 6) is 0.0264. The first-order chi connectivity index (χ1) is 17.5. The number of para-hydroxylation sites is 1. The van der Waals surface area contributed by atoms with Crippen molar-refractivity contribution in [3.05, 3.63) is 42.4 Å². The maximum absolute atomic E-state index is 12.2. The Morgan fingerprint density at radius 1 is 1.14 bits per heavy atom. The number of anilines is 3. The minimum Gasteiger partial charge on any atom is -0.494 e. The van der Waals surface area contributed by atoms with Crippen molar-refractivity contribution in [2.24, 2.45) is 17.1 Å². The molecule has 186 valence electrons. The van der Waals surface area contributed by atoms with Crippen LogP contribution >= 0.6 is 0 Å². The Morgan fingerprint density at radius 3 is 2.69 bits per heavy atom. The predicted molar refractivity (Wildman–Crippen MR) is 134 cm³/mol. The van der Waals surface area contributed by atoms with Gasteiger partial charge in [0.25, 0.3) is 5.91 Å². The Kier molecular flexibility index (Phi) is 5.39. The summed E-state index contributed by atoms with van der Waals surface area (Å²) < 4.78 is 7.93. The molecule has 3 aromatic rings. The molecule has 10 heteroatoms. The second-order valence-electron chi connectivity index (χ2n) is 10.1. The molecule has 0 radical (unpaired) electrons. The molecule has 1 spiro atoms. The summed E-state index contributed by atoms with van der Waals surface area (Å²) in [5.41, 5.74) is 8.75. The smallest absolute Gasteiger partial charge is 0.271 e. The first kappa shape index (κ1) is 22.5. The van der Waals surface area contributed by atoms with Gasteiger partial charge in [0.1, 0.15) is 5.75 Å². The van der Waals surface area contributed by atoms with Gasteiger partial charge in [-0.05, 0) is 50.0 Å². The summed E-state index contributed by atoms with van der Waals surface area (Å²) in [7, 11) is 1.60. The second kappa shape index (κ2) is 8.61. The van der Waals surface area contributed by atoms with Gasteiger partial charge in [-0.25, -0.2) is 0 Å². The number of benzene rings is 1. The van der Waals surface area contributed by atoms with Crippen molar-refractivity contribution in [1.29, 1.82) is 0 Å². The molecule has 36 heavy (non-hydrogen) atoms. The first-order valence-corrected chi connectivity index (χ1v) is 12.4. The molecule has 2 heterocycles. The lowest BCUT2D eigenvalue weighted by Crippen LogP contribution is -2.19. The Morgan fingerprint density at radius 2 is 1.97 bits per heavy atom. The van der Waals surface area contributed by atoms with Crippen molar-refractivity contribution < 1.29 is 14.3 Å². The molecule has 3 fully saturated rings. The van der Waals surface area contributed by atoms with Gasteiger partial charge in [-0.15, -0.1) is 10.2 Å². The van der Waals surface area contributed by atoms with Crippen LogP contribution in [0.5, 0.6) is 5.75 Å². The highest BCUT2D eigenvalue weighted by Crippen LogP contribution is 2.63. The quantitative estimate of drug-likeness (QED) is 0.436. The maximum atomic E-state index is 12.2. The topological polar surface area (TPSA) is 137 Å². The van der Waals surface area contributed by atoms with Crippen molar-refractivity contribution >= 4 is 29.0 Å². The molecule has 2 aromatic heterocycles. The van der Waals surface area contributed by atoms with Gasteiger partial charge < -0.3 is 21.1 Å². The molecule has 10 nitrogen and oxygen atoms in total. The molecule has 4 N–H and O–H groups in total. The van der Waals surface area contributed by atoms with E-state index >= 15 is 0 Å². The van der Waals surface area contributed by atoms with Crippen LogP contribution in [0, 0.1) is 11.3 Å². The Balaban J connectivity index is 1.31. The lowest BCUT2D eigenvalue weighted by molar-refractivity contribution is -0.117. The average molecular weight is 488 g/mol. The van der Waals surface area contributed by atoms with Crippen molar-refractivity contribution in [3.63, 3.8) is 0 Å². The number of primary amides is 1. The number of hydrogen-bond donors (Lipinski definition) is 3. The molecule has 3 aliphatic carbocycles. The van der Waals surface area contributed by atoms with E-state index in [1.807, 2.05) is 24.4 Å². The molecule has 0 saturated heterocycles. The molecule has 6 rings (SSSR count). The number of ether oxygens (including phenoxy) is 1. The number of hydrogen-bond acceptors (Lipinski definition) is 7. The number of carbonyl (C=O) groups excluding carboxylic acids is 2. The van der Waals surface area contributed by atoms with Gasteiger partial charge in [-0.1, -0.05) is 18.6 Å². The van der Waals surface area contributed by atoms with Crippen molar-refractivity contribution in [1.82, 2.24) is 20.0 Å². The normalized spacial score (nSPS) is 19.8. The van der Waals surface area contributed by atoms with Gasteiger partial charge in [0.2, 0.25) is 5.91 Å². The molecule has 1 atom stereocenters. The van der Waals surface area contributed by atoms with E-state index in [1.165, 1.54) is 32.1 Å². The summed E-state index contributed by atoms with van der Waals surface area (Å²) in [4.78, 5) is 24.2. The zero-order valence-corrected chi connectivity index (χ0v) is 20.2. The van der Waals surface area contributed by atoms with Gasteiger partial charge in [0.15, 0.2) is 11.5 Å². The molecule has 0 bridgehead atoms. The number of carbonyl (C=O) groups is 2. The van der Waals surface area contributed by atoms with Gasteiger partial charge in [-0.2, -0.15) is 5.10 Å². The zero-order valence-electron chi connectivity index (χ0n) is 20.2. The minimum absolute atomic E-state index is 0.00995. The number of amides is 2. The highest BCUT2D eigenvalue weighted by molar-refractivity contribution is 5.99. The Labute approximate surface area is 208 Å². The van der Waals surface area contributed by atoms with Gasteiger partial charge in [0.05, 0.1) is 30.7 Å². The van der Waals surface area contributed by atoms with Crippen molar-refractivity contribution in [3.8, 4) is 16.9 Å². The Bertz CT molecular complexity index is 1340.